The second-order valence-corrected chi connectivity index (χ2v) is 12.3. The molecule has 1 fully saturated rings. The predicted octanol–water partition coefficient (Wildman–Crippen LogP) is 7.75. The Labute approximate surface area is 201 Å². The lowest BCUT2D eigenvalue weighted by atomic mass is 9.70. The van der Waals surface area contributed by atoms with Crippen molar-refractivity contribution >= 4 is 5.97 Å². The first kappa shape index (κ1) is 28.6. The minimum atomic E-state index is -4.80. The third-order valence-electron chi connectivity index (χ3n) is 6.88. The molecule has 1 saturated carbocycles. The first-order chi connectivity index (χ1) is 15.5. The van der Waals surface area contributed by atoms with Crippen molar-refractivity contribution in [3.63, 3.8) is 0 Å². The highest BCUT2D eigenvalue weighted by Gasteiger charge is 2.41. The zero-order valence-corrected chi connectivity index (χ0v) is 21.4. The average Bonchev–Trinajstić information content (AvgIpc) is 2.65. The number of benzene rings is 1. The van der Waals surface area contributed by atoms with Gasteiger partial charge in [0.2, 0.25) is 0 Å². The second-order valence-electron chi connectivity index (χ2n) is 12.3. The molecule has 1 aliphatic rings. The van der Waals surface area contributed by atoms with Crippen molar-refractivity contribution in [1.82, 2.24) is 4.90 Å². The molecule has 0 amide bonds. The average molecular weight is 488 g/mol. The summed E-state index contributed by atoms with van der Waals surface area (Å²) in [5.41, 5.74) is -0.714. The number of aliphatic carboxylic acids is 1. The molecule has 1 aromatic rings. The van der Waals surface area contributed by atoms with Crippen molar-refractivity contribution in [1.29, 1.82) is 0 Å². The summed E-state index contributed by atoms with van der Waals surface area (Å²) in [7, 11) is 0. The fraction of sp³-hybridized carbons (Fsp3) is 0.741. The molecule has 7 heteroatoms. The summed E-state index contributed by atoms with van der Waals surface area (Å²) >= 11 is 0. The lowest BCUT2D eigenvalue weighted by Gasteiger charge is -2.45. The van der Waals surface area contributed by atoms with E-state index < -0.39 is 29.4 Å². The van der Waals surface area contributed by atoms with Crippen LogP contribution < -0.4 is 0 Å². The van der Waals surface area contributed by atoms with Gasteiger partial charge in [-0.15, -0.1) is 0 Å². The number of hydrogen-bond acceptors (Lipinski definition) is 2. The van der Waals surface area contributed by atoms with Crippen LogP contribution in [0.4, 0.5) is 17.6 Å². The number of carbonyl (C=O) groups is 1. The largest absolute Gasteiger partial charge is 0.481 e. The normalized spacial score (nSPS) is 22.3. The minimum absolute atomic E-state index is 0.0872. The van der Waals surface area contributed by atoms with Crippen molar-refractivity contribution in [2.45, 2.75) is 98.2 Å². The molecule has 0 heterocycles. The van der Waals surface area contributed by atoms with Gasteiger partial charge < -0.3 is 5.11 Å². The van der Waals surface area contributed by atoms with E-state index >= 15 is 0 Å². The van der Waals surface area contributed by atoms with Gasteiger partial charge in [0.25, 0.3) is 0 Å². The summed E-state index contributed by atoms with van der Waals surface area (Å²) in [5, 5.41) is 9.55. The summed E-state index contributed by atoms with van der Waals surface area (Å²) in [6, 6.07) is 3.14. The van der Waals surface area contributed by atoms with Crippen LogP contribution in [-0.2, 0) is 11.0 Å². The Kier molecular flexibility index (Phi) is 9.22. The molecular weight excluding hydrogens is 446 g/mol. The number of hydrogen-bond donors (Lipinski definition) is 1. The van der Waals surface area contributed by atoms with E-state index in [4.69, 9.17) is 0 Å². The quantitative estimate of drug-likeness (QED) is 0.381. The maximum Gasteiger partial charge on any atom is 0.419 e. The van der Waals surface area contributed by atoms with E-state index in [1.54, 1.807) is 0 Å². The fourth-order valence-electron chi connectivity index (χ4n) is 4.99. The Hall–Kier alpha value is -1.63. The smallest absolute Gasteiger partial charge is 0.419 e. The van der Waals surface area contributed by atoms with Crippen molar-refractivity contribution < 1.29 is 27.5 Å². The lowest BCUT2D eigenvalue weighted by Crippen LogP contribution is -2.47. The summed E-state index contributed by atoms with van der Waals surface area (Å²) in [4.78, 5) is 14.0. The first-order valence-corrected chi connectivity index (χ1v) is 12.3. The molecule has 0 aliphatic heterocycles. The van der Waals surface area contributed by atoms with Crippen LogP contribution in [0.1, 0.15) is 97.1 Å². The number of alkyl halides is 3. The third kappa shape index (κ3) is 8.54. The van der Waals surface area contributed by atoms with E-state index in [-0.39, 0.29) is 29.2 Å². The SMILES string of the molecule is CC(C)(C)CCN(CCC(C)(C)C)[C@@H]1CCC[C@H](CC(=O)O)[C@H]1c1ccc(F)c(C(F)(F)F)c1. The van der Waals surface area contributed by atoms with Gasteiger partial charge in [-0.3, -0.25) is 9.69 Å². The summed E-state index contributed by atoms with van der Waals surface area (Å²) in [6.45, 7) is 14.5. The van der Waals surface area contributed by atoms with Crippen LogP contribution in [0.5, 0.6) is 0 Å². The van der Waals surface area contributed by atoms with Crippen LogP contribution in [0.25, 0.3) is 0 Å². The van der Waals surface area contributed by atoms with Crippen molar-refractivity contribution in [2.75, 3.05) is 13.1 Å². The minimum Gasteiger partial charge on any atom is -0.481 e. The molecule has 3 nitrogen and oxygen atoms in total. The fourth-order valence-corrected chi connectivity index (χ4v) is 4.99. The zero-order valence-electron chi connectivity index (χ0n) is 21.4. The Morgan fingerprint density at radius 3 is 2.03 bits per heavy atom. The molecule has 0 unspecified atom stereocenters. The van der Waals surface area contributed by atoms with Gasteiger partial charge in [0.1, 0.15) is 5.82 Å². The van der Waals surface area contributed by atoms with E-state index in [9.17, 15) is 27.5 Å². The highest BCUT2D eigenvalue weighted by atomic mass is 19.4. The van der Waals surface area contributed by atoms with Gasteiger partial charge in [-0.2, -0.15) is 13.2 Å². The lowest BCUT2D eigenvalue weighted by molar-refractivity contribution is -0.141. The van der Waals surface area contributed by atoms with Crippen LogP contribution in [0.15, 0.2) is 18.2 Å². The van der Waals surface area contributed by atoms with Gasteiger partial charge in [-0.05, 0) is 73.2 Å². The summed E-state index contributed by atoms with van der Waals surface area (Å²) in [5.74, 6) is -2.94. The second kappa shape index (κ2) is 11.0. The van der Waals surface area contributed by atoms with E-state index in [2.05, 4.69) is 46.4 Å². The summed E-state index contributed by atoms with van der Waals surface area (Å²) in [6.07, 6.45) is -0.820. The highest BCUT2D eigenvalue weighted by molar-refractivity contribution is 5.67. The molecule has 2 rings (SSSR count). The summed E-state index contributed by atoms with van der Waals surface area (Å²) < 4.78 is 54.6. The molecule has 1 aromatic carbocycles. The van der Waals surface area contributed by atoms with Crippen LogP contribution in [0.2, 0.25) is 0 Å². The maximum atomic E-state index is 14.1. The number of carboxylic acids is 1. The topological polar surface area (TPSA) is 40.5 Å². The first-order valence-electron chi connectivity index (χ1n) is 12.3. The Morgan fingerprint density at radius 1 is 1.00 bits per heavy atom. The molecule has 194 valence electrons. The molecular formula is C27H41F4NO2. The van der Waals surface area contributed by atoms with Crippen LogP contribution in [0, 0.1) is 22.6 Å². The number of rotatable bonds is 8. The number of carboxylic acid groups (broad SMARTS) is 1. The van der Waals surface area contributed by atoms with Crippen molar-refractivity contribution in [3.05, 3.63) is 35.1 Å². The zero-order chi connectivity index (χ0) is 25.9. The standard InChI is InChI=1S/C27H41F4NO2/c1-25(2,3)12-14-32(15-13-26(4,5)6)22-9-7-8-18(17-23(33)34)24(22)19-10-11-21(28)20(16-19)27(29,30)31/h10-11,16,18,22,24H,7-9,12-15,17H2,1-6H3,(H,33,34)/t18-,22-,24+/m1/s1. The van der Waals surface area contributed by atoms with E-state index in [1.165, 1.54) is 6.07 Å². The van der Waals surface area contributed by atoms with Gasteiger partial charge >= 0.3 is 12.1 Å². The van der Waals surface area contributed by atoms with Crippen molar-refractivity contribution in [3.8, 4) is 0 Å². The van der Waals surface area contributed by atoms with Crippen LogP contribution in [0.3, 0.4) is 0 Å². The molecule has 0 spiro atoms. The monoisotopic (exact) mass is 487 g/mol. The predicted molar refractivity (Wildman–Crippen MR) is 127 cm³/mol. The molecule has 1 N–H and O–H groups in total. The van der Waals surface area contributed by atoms with Gasteiger partial charge in [0, 0.05) is 18.4 Å². The highest BCUT2D eigenvalue weighted by Crippen LogP contribution is 2.44. The maximum absolute atomic E-state index is 14.1. The Morgan fingerprint density at radius 2 is 1.56 bits per heavy atom. The van der Waals surface area contributed by atoms with E-state index in [0.29, 0.717) is 12.0 Å². The number of nitrogens with zero attached hydrogens (tertiary/aromatic N) is 1. The van der Waals surface area contributed by atoms with Gasteiger partial charge in [-0.1, -0.05) is 54.0 Å². The van der Waals surface area contributed by atoms with E-state index in [0.717, 1.165) is 50.9 Å². The Balaban J connectivity index is 2.52. The molecule has 0 aromatic heterocycles. The third-order valence-corrected chi connectivity index (χ3v) is 6.88. The Bertz CT molecular complexity index is 805. The van der Waals surface area contributed by atoms with Crippen LogP contribution >= 0.6 is 0 Å². The van der Waals surface area contributed by atoms with E-state index in [1.807, 2.05) is 0 Å². The molecule has 0 saturated heterocycles. The van der Waals surface area contributed by atoms with Gasteiger partial charge in [0.15, 0.2) is 0 Å². The van der Waals surface area contributed by atoms with Crippen molar-refractivity contribution in [2.24, 2.45) is 16.7 Å². The van der Waals surface area contributed by atoms with Gasteiger partial charge in [0.05, 0.1) is 5.56 Å². The van der Waals surface area contributed by atoms with Gasteiger partial charge in [-0.25, -0.2) is 4.39 Å². The number of halogens is 4. The molecule has 0 radical (unpaired) electrons. The molecule has 34 heavy (non-hydrogen) atoms. The van der Waals surface area contributed by atoms with Crippen LogP contribution in [-0.4, -0.2) is 35.1 Å². The molecule has 1 aliphatic carbocycles. The molecule has 0 bridgehead atoms. The molecule has 3 atom stereocenters.